The lowest BCUT2D eigenvalue weighted by molar-refractivity contribution is -0.116. The summed E-state index contributed by atoms with van der Waals surface area (Å²) in [6.45, 7) is 0. The van der Waals surface area contributed by atoms with Crippen molar-refractivity contribution >= 4 is 11.7 Å². The van der Waals surface area contributed by atoms with Gasteiger partial charge in [-0.05, 0) is 23.8 Å². The standard InChI is InChI=1S/C18H16N4O2/c1-24-14-6-2-5-13(8-14)22-11-20-17-15(9-16(23)21-18(17)22)12-4-3-7-19-10-12/h2-8,10-11,15H,9H2,1H3,(H,21,23)/t15-/m1/s1. The molecule has 0 saturated heterocycles. The Balaban J connectivity index is 1.81. The number of hydrogen-bond acceptors (Lipinski definition) is 4. The van der Waals surface area contributed by atoms with E-state index in [4.69, 9.17) is 4.74 Å². The van der Waals surface area contributed by atoms with Gasteiger partial charge in [0.25, 0.3) is 0 Å². The minimum Gasteiger partial charge on any atom is -0.497 e. The number of benzene rings is 1. The first-order valence-electron chi connectivity index (χ1n) is 7.67. The van der Waals surface area contributed by atoms with Gasteiger partial charge in [-0.2, -0.15) is 0 Å². The third kappa shape index (κ3) is 2.42. The molecule has 1 N–H and O–H groups in total. The van der Waals surface area contributed by atoms with Crippen LogP contribution in [0.25, 0.3) is 5.69 Å². The molecule has 3 aromatic rings. The molecule has 0 unspecified atom stereocenters. The van der Waals surface area contributed by atoms with E-state index in [1.54, 1.807) is 25.8 Å². The van der Waals surface area contributed by atoms with E-state index < -0.39 is 0 Å². The van der Waals surface area contributed by atoms with Crippen LogP contribution in [0.3, 0.4) is 0 Å². The first-order chi connectivity index (χ1) is 11.8. The number of nitrogens with zero attached hydrogens (tertiary/aromatic N) is 3. The SMILES string of the molecule is COc1cccc(-n2cnc3c2NC(=O)C[C@@H]3c2cccnc2)c1. The van der Waals surface area contributed by atoms with E-state index >= 15 is 0 Å². The number of hydrogen-bond donors (Lipinski definition) is 1. The maximum absolute atomic E-state index is 12.2. The summed E-state index contributed by atoms with van der Waals surface area (Å²) in [5, 5.41) is 2.94. The van der Waals surface area contributed by atoms with E-state index in [0.717, 1.165) is 22.7 Å². The zero-order valence-corrected chi connectivity index (χ0v) is 13.1. The number of anilines is 1. The molecule has 2 aromatic heterocycles. The smallest absolute Gasteiger partial charge is 0.226 e. The molecule has 4 rings (SSSR count). The van der Waals surface area contributed by atoms with Crippen molar-refractivity contribution in [2.24, 2.45) is 0 Å². The fourth-order valence-electron chi connectivity index (χ4n) is 3.02. The van der Waals surface area contributed by atoms with Crippen LogP contribution in [0.5, 0.6) is 5.75 Å². The average molecular weight is 320 g/mol. The molecule has 120 valence electrons. The van der Waals surface area contributed by atoms with Crippen LogP contribution in [0.4, 0.5) is 5.82 Å². The second-order valence-corrected chi connectivity index (χ2v) is 5.64. The summed E-state index contributed by atoms with van der Waals surface area (Å²) in [5.41, 5.74) is 2.73. The Morgan fingerprint density at radius 2 is 2.21 bits per heavy atom. The van der Waals surface area contributed by atoms with Gasteiger partial charge in [0, 0.05) is 30.8 Å². The third-order valence-corrected chi connectivity index (χ3v) is 4.19. The highest BCUT2D eigenvalue weighted by Gasteiger charge is 2.31. The molecule has 24 heavy (non-hydrogen) atoms. The molecule has 1 atom stereocenters. The Bertz CT molecular complexity index is 889. The first-order valence-corrected chi connectivity index (χ1v) is 7.67. The summed E-state index contributed by atoms with van der Waals surface area (Å²) in [4.78, 5) is 20.9. The summed E-state index contributed by atoms with van der Waals surface area (Å²) in [6, 6.07) is 11.5. The molecule has 1 aromatic carbocycles. The summed E-state index contributed by atoms with van der Waals surface area (Å²) in [7, 11) is 1.63. The zero-order chi connectivity index (χ0) is 16.5. The van der Waals surface area contributed by atoms with E-state index in [2.05, 4.69) is 15.3 Å². The van der Waals surface area contributed by atoms with Crippen molar-refractivity contribution in [3.8, 4) is 11.4 Å². The molecule has 1 amide bonds. The molecule has 0 spiro atoms. The maximum Gasteiger partial charge on any atom is 0.226 e. The summed E-state index contributed by atoms with van der Waals surface area (Å²) < 4.78 is 7.15. The quantitative estimate of drug-likeness (QED) is 0.805. The highest BCUT2D eigenvalue weighted by molar-refractivity contribution is 5.94. The van der Waals surface area contributed by atoms with Crippen LogP contribution >= 0.6 is 0 Å². The van der Waals surface area contributed by atoms with Crippen LogP contribution in [0.1, 0.15) is 23.6 Å². The second kappa shape index (κ2) is 5.81. The van der Waals surface area contributed by atoms with Gasteiger partial charge in [-0.15, -0.1) is 0 Å². The number of rotatable bonds is 3. The van der Waals surface area contributed by atoms with Gasteiger partial charge in [0.2, 0.25) is 5.91 Å². The number of methoxy groups -OCH3 is 1. The van der Waals surface area contributed by atoms with E-state index in [1.165, 1.54) is 0 Å². The summed E-state index contributed by atoms with van der Waals surface area (Å²) in [6.07, 6.45) is 5.61. The molecule has 0 aliphatic carbocycles. The van der Waals surface area contributed by atoms with Crippen LogP contribution in [0, 0.1) is 0 Å². The van der Waals surface area contributed by atoms with Gasteiger partial charge in [-0.1, -0.05) is 12.1 Å². The number of carbonyl (C=O) groups is 1. The number of nitrogens with one attached hydrogen (secondary N) is 1. The fourth-order valence-corrected chi connectivity index (χ4v) is 3.02. The van der Waals surface area contributed by atoms with E-state index in [1.807, 2.05) is 41.0 Å². The number of aromatic nitrogens is 3. The van der Waals surface area contributed by atoms with Crippen molar-refractivity contribution in [3.63, 3.8) is 0 Å². The van der Waals surface area contributed by atoms with Crippen molar-refractivity contribution in [1.82, 2.24) is 14.5 Å². The zero-order valence-electron chi connectivity index (χ0n) is 13.1. The molecule has 0 fully saturated rings. The van der Waals surface area contributed by atoms with Crippen LogP contribution in [-0.4, -0.2) is 27.6 Å². The number of ether oxygens (including phenoxy) is 1. The highest BCUT2D eigenvalue weighted by atomic mass is 16.5. The maximum atomic E-state index is 12.2. The summed E-state index contributed by atoms with van der Waals surface area (Å²) >= 11 is 0. The molecule has 0 bridgehead atoms. The van der Waals surface area contributed by atoms with Crippen LogP contribution in [-0.2, 0) is 4.79 Å². The van der Waals surface area contributed by atoms with Crippen molar-refractivity contribution in [2.75, 3.05) is 12.4 Å². The highest BCUT2D eigenvalue weighted by Crippen LogP contribution is 2.37. The molecule has 6 nitrogen and oxygen atoms in total. The lowest BCUT2D eigenvalue weighted by atomic mass is 9.91. The third-order valence-electron chi connectivity index (χ3n) is 4.19. The Labute approximate surface area is 139 Å². The Hall–Kier alpha value is -3.15. The lowest BCUT2D eigenvalue weighted by Gasteiger charge is -2.23. The molecule has 1 aliphatic rings. The topological polar surface area (TPSA) is 69.0 Å². The minimum absolute atomic E-state index is 0.0269. The number of pyridine rings is 1. The predicted octanol–water partition coefficient (Wildman–Crippen LogP) is 2.75. The van der Waals surface area contributed by atoms with Crippen molar-refractivity contribution in [2.45, 2.75) is 12.3 Å². The van der Waals surface area contributed by atoms with Crippen LogP contribution < -0.4 is 10.1 Å². The van der Waals surface area contributed by atoms with Gasteiger partial charge in [0.05, 0.1) is 18.5 Å². The fraction of sp³-hybridized carbons (Fsp3) is 0.167. The van der Waals surface area contributed by atoms with E-state index in [9.17, 15) is 4.79 Å². The largest absolute Gasteiger partial charge is 0.497 e. The molecule has 0 saturated carbocycles. The van der Waals surface area contributed by atoms with E-state index in [-0.39, 0.29) is 11.8 Å². The van der Waals surface area contributed by atoms with Gasteiger partial charge in [-0.3, -0.25) is 14.3 Å². The Morgan fingerprint density at radius 3 is 3.00 bits per heavy atom. The second-order valence-electron chi connectivity index (χ2n) is 5.64. The molecule has 6 heteroatoms. The Morgan fingerprint density at radius 1 is 1.29 bits per heavy atom. The molecule has 3 heterocycles. The number of imidazole rings is 1. The summed E-state index contributed by atoms with van der Waals surface area (Å²) in [5.74, 6) is 1.34. The normalized spacial score (nSPS) is 16.4. The number of carbonyl (C=O) groups excluding carboxylic acids is 1. The van der Waals surface area contributed by atoms with Gasteiger partial charge in [0.1, 0.15) is 17.9 Å². The number of amides is 1. The molecule has 0 radical (unpaired) electrons. The average Bonchev–Trinajstić information content (AvgIpc) is 3.05. The molecule has 1 aliphatic heterocycles. The van der Waals surface area contributed by atoms with Gasteiger partial charge in [0.15, 0.2) is 0 Å². The number of fused-ring (bicyclic) bond motifs is 1. The van der Waals surface area contributed by atoms with Crippen molar-refractivity contribution < 1.29 is 9.53 Å². The van der Waals surface area contributed by atoms with Crippen LogP contribution in [0.15, 0.2) is 55.1 Å². The van der Waals surface area contributed by atoms with Gasteiger partial charge in [-0.25, -0.2) is 4.98 Å². The first kappa shape index (κ1) is 14.4. The lowest BCUT2D eigenvalue weighted by Crippen LogP contribution is -2.25. The molecular formula is C18H16N4O2. The Kier molecular flexibility index (Phi) is 3.49. The monoisotopic (exact) mass is 320 g/mol. The molecular weight excluding hydrogens is 304 g/mol. The minimum atomic E-state index is -0.0886. The van der Waals surface area contributed by atoms with Crippen LogP contribution in [0.2, 0.25) is 0 Å². The van der Waals surface area contributed by atoms with Gasteiger partial charge < -0.3 is 10.1 Å². The van der Waals surface area contributed by atoms with E-state index in [0.29, 0.717) is 12.2 Å². The van der Waals surface area contributed by atoms with Gasteiger partial charge >= 0.3 is 0 Å². The van der Waals surface area contributed by atoms with Crippen molar-refractivity contribution in [1.29, 1.82) is 0 Å². The van der Waals surface area contributed by atoms with Crippen molar-refractivity contribution in [3.05, 3.63) is 66.4 Å². The predicted molar refractivity (Wildman–Crippen MR) is 89.4 cm³/mol.